The van der Waals surface area contributed by atoms with Gasteiger partial charge in [-0.25, -0.2) is 0 Å². The average molecular weight is 183 g/mol. The Hall–Kier alpha value is -0.520. The number of nitrogens with two attached hydrogens (primary N) is 1. The topological polar surface area (TPSA) is 35.2 Å². The van der Waals surface area contributed by atoms with Crippen LogP contribution in [-0.4, -0.2) is 19.8 Å². The van der Waals surface area contributed by atoms with Gasteiger partial charge in [0, 0.05) is 26.2 Å². The van der Waals surface area contributed by atoms with Crippen LogP contribution in [0.1, 0.15) is 32.6 Å². The van der Waals surface area contributed by atoms with E-state index in [2.05, 4.69) is 12.8 Å². The molecule has 0 amide bonds. The highest BCUT2D eigenvalue weighted by Gasteiger charge is 2.08. The molecule has 76 valence electrons. The summed E-state index contributed by atoms with van der Waals surface area (Å²) in [4.78, 5) is 0. The zero-order chi connectivity index (χ0) is 10.1. The Labute approximate surface area is 81.8 Å². The Morgan fingerprint density at radius 1 is 1.54 bits per heavy atom. The average Bonchev–Trinajstić information content (AvgIpc) is 2.05. The fraction of sp³-hybridized carbons (Fsp3) is 0.818. The minimum Gasteiger partial charge on any atom is -0.384 e. The second kappa shape index (κ2) is 8.10. The van der Waals surface area contributed by atoms with Gasteiger partial charge < -0.3 is 10.5 Å². The van der Waals surface area contributed by atoms with Crippen molar-refractivity contribution >= 4 is 0 Å². The SMILES string of the molecule is C#CCCCC(N)CC(C)COC. The lowest BCUT2D eigenvalue weighted by molar-refractivity contribution is 0.151. The lowest BCUT2D eigenvalue weighted by Crippen LogP contribution is -2.24. The fourth-order valence-electron chi connectivity index (χ4n) is 1.45. The van der Waals surface area contributed by atoms with Gasteiger partial charge in [-0.2, -0.15) is 0 Å². The maximum Gasteiger partial charge on any atom is 0.0488 e. The molecule has 0 saturated heterocycles. The second-order valence-corrected chi connectivity index (χ2v) is 3.65. The zero-order valence-electron chi connectivity index (χ0n) is 8.75. The summed E-state index contributed by atoms with van der Waals surface area (Å²) in [6.45, 7) is 2.95. The van der Waals surface area contributed by atoms with Crippen LogP contribution in [0.25, 0.3) is 0 Å². The summed E-state index contributed by atoms with van der Waals surface area (Å²) in [7, 11) is 1.72. The van der Waals surface area contributed by atoms with Gasteiger partial charge in [0.2, 0.25) is 0 Å². The van der Waals surface area contributed by atoms with Crippen molar-refractivity contribution < 1.29 is 4.74 Å². The van der Waals surface area contributed by atoms with Crippen molar-refractivity contribution in [2.45, 2.75) is 38.6 Å². The fourth-order valence-corrected chi connectivity index (χ4v) is 1.45. The summed E-state index contributed by atoms with van der Waals surface area (Å²) < 4.78 is 5.04. The summed E-state index contributed by atoms with van der Waals surface area (Å²) >= 11 is 0. The lowest BCUT2D eigenvalue weighted by Gasteiger charge is -2.15. The van der Waals surface area contributed by atoms with Crippen LogP contribution < -0.4 is 5.73 Å². The standard InChI is InChI=1S/C11H21NO/c1-4-5-6-7-11(12)8-10(2)9-13-3/h1,10-11H,5-9,12H2,2-3H3. The van der Waals surface area contributed by atoms with E-state index in [1.165, 1.54) is 0 Å². The summed E-state index contributed by atoms with van der Waals surface area (Å²) in [6, 6.07) is 0.276. The van der Waals surface area contributed by atoms with Crippen LogP contribution in [0.4, 0.5) is 0 Å². The number of unbranched alkanes of at least 4 members (excludes halogenated alkanes) is 1. The van der Waals surface area contributed by atoms with E-state index in [0.29, 0.717) is 5.92 Å². The van der Waals surface area contributed by atoms with Gasteiger partial charge in [0.15, 0.2) is 0 Å². The molecule has 2 N–H and O–H groups in total. The third kappa shape index (κ3) is 7.83. The molecule has 0 aliphatic rings. The highest BCUT2D eigenvalue weighted by Crippen LogP contribution is 2.09. The summed E-state index contributed by atoms with van der Waals surface area (Å²) in [5.41, 5.74) is 5.92. The van der Waals surface area contributed by atoms with Crippen LogP contribution in [0, 0.1) is 18.3 Å². The summed E-state index contributed by atoms with van der Waals surface area (Å²) in [6.07, 6.45) is 9.08. The molecule has 0 fully saturated rings. The molecule has 2 atom stereocenters. The number of terminal acetylenes is 1. The van der Waals surface area contributed by atoms with Gasteiger partial charge in [-0.3, -0.25) is 0 Å². The monoisotopic (exact) mass is 183 g/mol. The molecule has 0 aromatic carbocycles. The van der Waals surface area contributed by atoms with Crippen LogP contribution >= 0.6 is 0 Å². The first kappa shape index (κ1) is 12.5. The van der Waals surface area contributed by atoms with Crippen molar-refractivity contribution in [3.8, 4) is 12.3 Å². The quantitative estimate of drug-likeness (QED) is 0.482. The van der Waals surface area contributed by atoms with Gasteiger partial charge in [-0.15, -0.1) is 12.3 Å². The van der Waals surface area contributed by atoms with Gasteiger partial charge in [-0.05, 0) is 25.2 Å². The summed E-state index contributed by atoms with van der Waals surface area (Å²) in [5.74, 6) is 3.17. The molecule has 2 heteroatoms. The molecule has 0 rings (SSSR count). The first-order valence-corrected chi connectivity index (χ1v) is 4.88. The number of methoxy groups -OCH3 is 1. The molecule has 0 aliphatic heterocycles. The van der Waals surface area contributed by atoms with E-state index in [1.54, 1.807) is 7.11 Å². The normalized spacial score (nSPS) is 14.9. The number of hydrogen-bond donors (Lipinski definition) is 1. The molecule has 0 heterocycles. The Kier molecular flexibility index (Phi) is 7.77. The molecule has 2 nitrogen and oxygen atoms in total. The van der Waals surface area contributed by atoms with Crippen molar-refractivity contribution in [2.75, 3.05) is 13.7 Å². The number of rotatable bonds is 7. The van der Waals surface area contributed by atoms with Gasteiger partial charge in [0.1, 0.15) is 0 Å². The first-order chi connectivity index (χ1) is 6.20. The van der Waals surface area contributed by atoms with Crippen LogP contribution in [0.2, 0.25) is 0 Å². The predicted octanol–water partition coefficient (Wildman–Crippen LogP) is 1.79. The van der Waals surface area contributed by atoms with Crippen molar-refractivity contribution in [1.82, 2.24) is 0 Å². The highest BCUT2D eigenvalue weighted by atomic mass is 16.5. The molecule has 0 aliphatic carbocycles. The maximum atomic E-state index is 5.92. The second-order valence-electron chi connectivity index (χ2n) is 3.65. The summed E-state index contributed by atoms with van der Waals surface area (Å²) in [5, 5.41) is 0. The minimum absolute atomic E-state index is 0.276. The molecule has 0 aromatic heterocycles. The molecule has 2 unspecified atom stereocenters. The third-order valence-electron chi connectivity index (χ3n) is 2.05. The van der Waals surface area contributed by atoms with E-state index in [0.717, 1.165) is 32.3 Å². The molecule has 0 radical (unpaired) electrons. The van der Waals surface area contributed by atoms with E-state index in [9.17, 15) is 0 Å². The first-order valence-electron chi connectivity index (χ1n) is 4.88. The van der Waals surface area contributed by atoms with Gasteiger partial charge in [-0.1, -0.05) is 6.92 Å². The molecule has 0 spiro atoms. The van der Waals surface area contributed by atoms with Crippen molar-refractivity contribution in [3.63, 3.8) is 0 Å². The van der Waals surface area contributed by atoms with Crippen molar-refractivity contribution in [2.24, 2.45) is 11.7 Å². The van der Waals surface area contributed by atoms with Crippen molar-refractivity contribution in [1.29, 1.82) is 0 Å². The molecule has 13 heavy (non-hydrogen) atoms. The Morgan fingerprint density at radius 2 is 2.23 bits per heavy atom. The predicted molar refractivity (Wildman–Crippen MR) is 56.3 cm³/mol. The highest BCUT2D eigenvalue weighted by molar-refractivity contribution is 4.83. The largest absolute Gasteiger partial charge is 0.384 e. The molecular weight excluding hydrogens is 162 g/mol. The molecule has 0 aromatic rings. The van der Waals surface area contributed by atoms with Crippen LogP contribution in [-0.2, 0) is 4.74 Å². The molecule has 0 bridgehead atoms. The number of hydrogen-bond acceptors (Lipinski definition) is 2. The van der Waals surface area contributed by atoms with Crippen LogP contribution in [0.3, 0.4) is 0 Å². The Bertz CT molecular complexity index is 151. The van der Waals surface area contributed by atoms with Gasteiger partial charge in [0.05, 0.1) is 0 Å². The van der Waals surface area contributed by atoms with Crippen LogP contribution in [0.5, 0.6) is 0 Å². The van der Waals surface area contributed by atoms with Crippen molar-refractivity contribution in [3.05, 3.63) is 0 Å². The van der Waals surface area contributed by atoms with E-state index in [4.69, 9.17) is 16.9 Å². The van der Waals surface area contributed by atoms with Crippen LogP contribution in [0.15, 0.2) is 0 Å². The number of ether oxygens (including phenoxy) is 1. The van der Waals surface area contributed by atoms with E-state index < -0.39 is 0 Å². The molecule has 0 saturated carbocycles. The van der Waals surface area contributed by atoms with E-state index in [-0.39, 0.29) is 6.04 Å². The van der Waals surface area contributed by atoms with Gasteiger partial charge in [0.25, 0.3) is 0 Å². The third-order valence-corrected chi connectivity index (χ3v) is 2.05. The maximum absolute atomic E-state index is 5.92. The van der Waals surface area contributed by atoms with E-state index in [1.807, 2.05) is 0 Å². The minimum atomic E-state index is 0.276. The van der Waals surface area contributed by atoms with E-state index >= 15 is 0 Å². The Balaban J connectivity index is 3.38. The molecular formula is C11H21NO. The Morgan fingerprint density at radius 3 is 2.77 bits per heavy atom. The zero-order valence-corrected chi connectivity index (χ0v) is 8.75. The lowest BCUT2D eigenvalue weighted by atomic mass is 9.99. The van der Waals surface area contributed by atoms with Gasteiger partial charge >= 0.3 is 0 Å². The smallest absolute Gasteiger partial charge is 0.0488 e.